The van der Waals surface area contributed by atoms with Crippen molar-refractivity contribution in [1.82, 2.24) is 4.98 Å². The molecule has 0 radical (unpaired) electrons. The minimum atomic E-state index is 0.283. The predicted molar refractivity (Wildman–Crippen MR) is 48.8 cm³/mol. The van der Waals surface area contributed by atoms with E-state index in [1.54, 1.807) is 12.4 Å². The van der Waals surface area contributed by atoms with Gasteiger partial charge in [0.15, 0.2) is 0 Å². The highest BCUT2D eigenvalue weighted by Crippen LogP contribution is 2.07. The first-order chi connectivity index (χ1) is 5.83. The molecule has 0 saturated carbocycles. The molecule has 0 spiro atoms. The summed E-state index contributed by atoms with van der Waals surface area (Å²) in [7, 11) is 0. The van der Waals surface area contributed by atoms with Crippen LogP contribution in [0.15, 0.2) is 24.5 Å². The fourth-order valence-electron chi connectivity index (χ4n) is 1.05. The number of hydrogen-bond donors (Lipinski definition) is 1. The van der Waals surface area contributed by atoms with Crippen LogP contribution in [0.5, 0.6) is 0 Å². The number of nitrogens with zero attached hydrogens (tertiary/aromatic N) is 1. The maximum atomic E-state index is 8.80. The van der Waals surface area contributed by atoms with Gasteiger partial charge in [-0.15, -0.1) is 0 Å². The summed E-state index contributed by atoms with van der Waals surface area (Å²) in [5.41, 5.74) is 1.30. The molecule has 1 heterocycles. The average molecular weight is 165 g/mol. The Morgan fingerprint density at radius 2 is 2.08 bits per heavy atom. The molecule has 0 fully saturated rings. The summed E-state index contributed by atoms with van der Waals surface area (Å²) >= 11 is 0. The van der Waals surface area contributed by atoms with Crippen LogP contribution in [0.4, 0.5) is 0 Å². The molecule has 1 unspecified atom stereocenters. The third kappa shape index (κ3) is 3.01. The zero-order chi connectivity index (χ0) is 8.81. The van der Waals surface area contributed by atoms with Gasteiger partial charge in [-0.1, -0.05) is 6.92 Å². The number of rotatable bonds is 4. The Labute approximate surface area is 73.3 Å². The Morgan fingerprint density at radius 1 is 1.42 bits per heavy atom. The first kappa shape index (κ1) is 9.20. The van der Waals surface area contributed by atoms with Crippen molar-refractivity contribution in [2.75, 3.05) is 6.61 Å². The van der Waals surface area contributed by atoms with E-state index >= 15 is 0 Å². The van der Waals surface area contributed by atoms with Crippen LogP contribution in [0.2, 0.25) is 0 Å². The molecule has 0 saturated heterocycles. The zero-order valence-electron chi connectivity index (χ0n) is 7.40. The van der Waals surface area contributed by atoms with Gasteiger partial charge in [0.2, 0.25) is 0 Å². The van der Waals surface area contributed by atoms with Crippen LogP contribution in [-0.4, -0.2) is 16.7 Å². The molecule has 2 heteroatoms. The molecule has 0 aliphatic heterocycles. The van der Waals surface area contributed by atoms with Crippen LogP contribution in [0.3, 0.4) is 0 Å². The molecule has 1 N–H and O–H groups in total. The van der Waals surface area contributed by atoms with E-state index in [-0.39, 0.29) is 6.61 Å². The summed E-state index contributed by atoms with van der Waals surface area (Å²) < 4.78 is 0. The molecule has 0 bridgehead atoms. The van der Waals surface area contributed by atoms with Gasteiger partial charge in [-0.25, -0.2) is 0 Å². The van der Waals surface area contributed by atoms with E-state index in [1.807, 2.05) is 12.1 Å². The van der Waals surface area contributed by atoms with Crippen molar-refractivity contribution in [3.8, 4) is 0 Å². The number of pyridine rings is 1. The fourth-order valence-corrected chi connectivity index (χ4v) is 1.05. The van der Waals surface area contributed by atoms with Crippen LogP contribution in [0.25, 0.3) is 0 Å². The summed E-state index contributed by atoms with van der Waals surface area (Å²) in [6, 6.07) is 4.04. The molecule has 0 amide bonds. The molecule has 0 aliphatic carbocycles. The van der Waals surface area contributed by atoms with Crippen LogP contribution in [-0.2, 0) is 6.42 Å². The van der Waals surface area contributed by atoms with Crippen LogP contribution in [0, 0.1) is 5.92 Å². The minimum Gasteiger partial charge on any atom is -0.396 e. The smallest absolute Gasteiger partial charge is 0.0456 e. The van der Waals surface area contributed by atoms with Gasteiger partial charge >= 0.3 is 0 Å². The molecule has 1 aromatic heterocycles. The summed E-state index contributed by atoms with van der Waals surface area (Å²) in [4.78, 5) is 3.94. The zero-order valence-corrected chi connectivity index (χ0v) is 7.40. The van der Waals surface area contributed by atoms with E-state index in [1.165, 1.54) is 5.56 Å². The van der Waals surface area contributed by atoms with Gasteiger partial charge in [-0.05, 0) is 36.5 Å². The molecule has 1 aromatic rings. The van der Waals surface area contributed by atoms with Gasteiger partial charge in [0, 0.05) is 19.0 Å². The van der Waals surface area contributed by atoms with Crippen molar-refractivity contribution in [1.29, 1.82) is 0 Å². The number of aliphatic hydroxyl groups excluding tert-OH is 1. The van der Waals surface area contributed by atoms with E-state index in [0.29, 0.717) is 5.92 Å². The van der Waals surface area contributed by atoms with Crippen molar-refractivity contribution in [3.05, 3.63) is 30.1 Å². The third-order valence-electron chi connectivity index (χ3n) is 1.99. The van der Waals surface area contributed by atoms with Crippen molar-refractivity contribution >= 4 is 0 Å². The standard InChI is InChI=1S/C10H15NO/c1-9(8-12)2-3-10-4-6-11-7-5-10/h4-7,9,12H,2-3,8H2,1H3. The Morgan fingerprint density at radius 3 is 2.67 bits per heavy atom. The molecule has 0 aliphatic rings. The Hall–Kier alpha value is -0.890. The summed E-state index contributed by atoms with van der Waals surface area (Å²) in [6.07, 6.45) is 5.68. The number of aromatic nitrogens is 1. The molecule has 12 heavy (non-hydrogen) atoms. The van der Waals surface area contributed by atoms with Gasteiger partial charge in [0.1, 0.15) is 0 Å². The molecule has 66 valence electrons. The SMILES string of the molecule is CC(CO)CCc1ccncc1. The molecule has 2 nitrogen and oxygen atoms in total. The summed E-state index contributed by atoms with van der Waals surface area (Å²) in [5.74, 6) is 0.401. The van der Waals surface area contributed by atoms with Gasteiger partial charge in [0.25, 0.3) is 0 Å². The first-order valence-corrected chi connectivity index (χ1v) is 4.32. The Balaban J connectivity index is 2.33. The van der Waals surface area contributed by atoms with E-state index in [0.717, 1.165) is 12.8 Å². The van der Waals surface area contributed by atoms with Crippen molar-refractivity contribution in [2.24, 2.45) is 5.92 Å². The Bertz CT molecular complexity index is 210. The summed E-state index contributed by atoms with van der Waals surface area (Å²) in [5, 5.41) is 8.80. The van der Waals surface area contributed by atoms with Crippen molar-refractivity contribution in [2.45, 2.75) is 19.8 Å². The lowest BCUT2D eigenvalue weighted by molar-refractivity contribution is 0.230. The predicted octanol–water partition coefficient (Wildman–Crippen LogP) is 1.64. The van der Waals surface area contributed by atoms with E-state index in [9.17, 15) is 0 Å². The second-order valence-electron chi connectivity index (χ2n) is 3.18. The lowest BCUT2D eigenvalue weighted by Gasteiger charge is -2.06. The molecule has 1 rings (SSSR count). The lowest BCUT2D eigenvalue weighted by Crippen LogP contribution is -2.01. The highest BCUT2D eigenvalue weighted by Gasteiger charge is 1.99. The number of hydrogen-bond acceptors (Lipinski definition) is 2. The molecule has 1 atom stereocenters. The topological polar surface area (TPSA) is 33.1 Å². The van der Waals surface area contributed by atoms with Gasteiger partial charge in [0.05, 0.1) is 0 Å². The van der Waals surface area contributed by atoms with Crippen LogP contribution in [0.1, 0.15) is 18.9 Å². The molecular weight excluding hydrogens is 150 g/mol. The average Bonchev–Trinajstić information content (AvgIpc) is 2.16. The number of aryl methyl sites for hydroxylation is 1. The normalized spacial score (nSPS) is 12.8. The highest BCUT2D eigenvalue weighted by molar-refractivity contribution is 5.09. The lowest BCUT2D eigenvalue weighted by atomic mass is 10.0. The summed E-state index contributed by atoms with van der Waals surface area (Å²) in [6.45, 7) is 2.34. The molecule has 0 aromatic carbocycles. The van der Waals surface area contributed by atoms with Crippen molar-refractivity contribution < 1.29 is 5.11 Å². The monoisotopic (exact) mass is 165 g/mol. The third-order valence-corrected chi connectivity index (χ3v) is 1.99. The van der Waals surface area contributed by atoms with E-state index in [2.05, 4.69) is 11.9 Å². The van der Waals surface area contributed by atoms with Crippen LogP contribution >= 0.6 is 0 Å². The van der Waals surface area contributed by atoms with Gasteiger partial charge in [-0.3, -0.25) is 4.98 Å². The largest absolute Gasteiger partial charge is 0.396 e. The maximum Gasteiger partial charge on any atom is 0.0456 e. The fraction of sp³-hybridized carbons (Fsp3) is 0.500. The highest BCUT2D eigenvalue weighted by atomic mass is 16.3. The maximum absolute atomic E-state index is 8.80. The Kier molecular flexibility index (Phi) is 3.74. The van der Waals surface area contributed by atoms with E-state index < -0.39 is 0 Å². The van der Waals surface area contributed by atoms with Crippen LogP contribution < -0.4 is 0 Å². The second-order valence-corrected chi connectivity index (χ2v) is 3.18. The first-order valence-electron chi connectivity index (χ1n) is 4.32. The second kappa shape index (κ2) is 4.88. The van der Waals surface area contributed by atoms with Gasteiger partial charge < -0.3 is 5.11 Å². The minimum absolute atomic E-state index is 0.283. The quantitative estimate of drug-likeness (QED) is 0.735. The van der Waals surface area contributed by atoms with Crippen molar-refractivity contribution in [3.63, 3.8) is 0 Å². The number of aliphatic hydroxyl groups is 1. The van der Waals surface area contributed by atoms with E-state index in [4.69, 9.17) is 5.11 Å². The molecular formula is C10H15NO. The van der Waals surface area contributed by atoms with Gasteiger partial charge in [-0.2, -0.15) is 0 Å².